The van der Waals surface area contributed by atoms with Crippen molar-refractivity contribution < 1.29 is 32.0 Å². The predicted octanol–water partition coefficient (Wildman–Crippen LogP) is 2.65. The molecule has 0 aromatic carbocycles. The van der Waals surface area contributed by atoms with Crippen LogP contribution < -0.4 is 4.74 Å². The summed E-state index contributed by atoms with van der Waals surface area (Å²) >= 11 is 0. The maximum atomic E-state index is 13.5. The van der Waals surface area contributed by atoms with Crippen molar-refractivity contribution in [1.29, 1.82) is 0 Å². The molecule has 0 N–H and O–H groups in total. The lowest BCUT2D eigenvalue weighted by Crippen LogP contribution is -2.51. The van der Waals surface area contributed by atoms with Gasteiger partial charge in [0.25, 0.3) is 0 Å². The van der Waals surface area contributed by atoms with Crippen molar-refractivity contribution in [3.63, 3.8) is 0 Å². The number of aromatic nitrogens is 3. The molecule has 1 aliphatic carbocycles. The van der Waals surface area contributed by atoms with E-state index in [0.29, 0.717) is 6.42 Å². The molecule has 1 atom stereocenters. The fourth-order valence-corrected chi connectivity index (χ4v) is 5.42. The third-order valence-electron chi connectivity index (χ3n) is 6.70. The second kappa shape index (κ2) is 9.03. The van der Waals surface area contributed by atoms with E-state index in [1.165, 1.54) is 10.9 Å². The van der Waals surface area contributed by atoms with Gasteiger partial charge in [0.1, 0.15) is 6.20 Å². The first-order valence-corrected chi connectivity index (χ1v) is 12.9. The van der Waals surface area contributed by atoms with Crippen LogP contribution >= 0.6 is 0 Å². The number of carbonyl (C=O) groups is 1. The first-order chi connectivity index (χ1) is 15.3. The summed E-state index contributed by atoms with van der Waals surface area (Å²) in [5, 5.41) is 7.69. The van der Waals surface area contributed by atoms with Gasteiger partial charge in [-0.2, -0.15) is 0 Å². The SMILES string of the molecule is CCOC(=O)C1(S(=O)(=O)COc2cnnn2C(C)C)CC=C(B2OC(C)(C)C(C)(C)O2)CC1. The van der Waals surface area contributed by atoms with Crippen molar-refractivity contribution in [2.24, 2.45) is 0 Å². The molecule has 0 radical (unpaired) electrons. The van der Waals surface area contributed by atoms with Crippen LogP contribution in [0, 0.1) is 0 Å². The molecule has 12 heteroatoms. The number of nitrogens with zero attached hydrogens (tertiary/aromatic N) is 3. The highest BCUT2D eigenvalue weighted by molar-refractivity contribution is 7.93. The zero-order valence-corrected chi connectivity index (χ0v) is 21.3. The number of esters is 1. The summed E-state index contributed by atoms with van der Waals surface area (Å²) in [5.74, 6) is -1.24. The molecule has 0 spiro atoms. The summed E-state index contributed by atoms with van der Waals surface area (Å²) in [6.07, 6.45) is 3.41. The molecule has 10 nitrogen and oxygen atoms in total. The molecule has 2 aliphatic rings. The predicted molar refractivity (Wildman–Crippen MR) is 122 cm³/mol. The normalized spacial score (nSPS) is 24.6. The van der Waals surface area contributed by atoms with Crippen LogP contribution in [-0.2, 0) is 28.7 Å². The maximum absolute atomic E-state index is 13.5. The van der Waals surface area contributed by atoms with Crippen molar-refractivity contribution in [3.05, 3.63) is 17.7 Å². The van der Waals surface area contributed by atoms with E-state index in [2.05, 4.69) is 10.3 Å². The van der Waals surface area contributed by atoms with Crippen LogP contribution in [0.25, 0.3) is 0 Å². The molecular formula is C21H34BN3O7S. The number of hydrogen-bond acceptors (Lipinski definition) is 9. The monoisotopic (exact) mass is 483 g/mol. The van der Waals surface area contributed by atoms with Crippen LogP contribution in [-0.4, -0.2) is 65.0 Å². The summed E-state index contributed by atoms with van der Waals surface area (Å²) in [7, 11) is -4.65. The summed E-state index contributed by atoms with van der Waals surface area (Å²) in [6, 6.07) is -0.0655. The standard InChI is InChI=1S/C21H34BN3O7S/c1-8-29-18(26)21(33(27,28)14-30-17-13-23-24-25(17)15(2)3)11-9-16(10-12-21)22-31-19(4,5)20(6,7)32-22/h9,13,15H,8,10-12,14H2,1-7H3. The van der Waals surface area contributed by atoms with Gasteiger partial charge in [-0.05, 0) is 73.2 Å². The highest BCUT2D eigenvalue weighted by Gasteiger charge is 2.56. The Morgan fingerprint density at radius 1 is 1.24 bits per heavy atom. The molecule has 33 heavy (non-hydrogen) atoms. The Balaban J connectivity index is 1.84. The van der Waals surface area contributed by atoms with Gasteiger partial charge >= 0.3 is 13.1 Å². The first kappa shape index (κ1) is 25.7. The average Bonchev–Trinajstić information content (AvgIpc) is 3.28. The minimum Gasteiger partial charge on any atom is -0.465 e. The first-order valence-electron chi connectivity index (χ1n) is 11.2. The van der Waals surface area contributed by atoms with Gasteiger partial charge in [-0.25, -0.2) is 13.1 Å². The van der Waals surface area contributed by atoms with Gasteiger partial charge in [0.2, 0.25) is 15.7 Å². The number of hydrogen-bond donors (Lipinski definition) is 0. The molecule has 1 saturated heterocycles. The van der Waals surface area contributed by atoms with Gasteiger partial charge in [0, 0.05) is 0 Å². The van der Waals surface area contributed by atoms with E-state index < -0.39 is 44.8 Å². The Morgan fingerprint density at radius 3 is 2.39 bits per heavy atom. The van der Waals surface area contributed by atoms with Gasteiger partial charge in [-0.3, -0.25) is 4.79 Å². The van der Waals surface area contributed by atoms with E-state index in [0.717, 1.165) is 5.47 Å². The maximum Gasteiger partial charge on any atom is 0.490 e. The quantitative estimate of drug-likeness (QED) is 0.406. The minimum absolute atomic E-state index is 0.0430. The second-order valence-electron chi connectivity index (χ2n) is 9.77. The molecule has 184 valence electrons. The molecule has 1 aromatic rings. The highest BCUT2D eigenvalue weighted by Crippen LogP contribution is 2.43. The molecular weight excluding hydrogens is 449 g/mol. The fourth-order valence-electron chi connectivity index (χ4n) is 3.86. The van der Waals surface area contributed by atoms with E-state index in [1.54, 1.807) is 13.0 Å². The van der Waals surface area contributed by atoms with Crippen LogP contribution in [0.15, 0.2) is 17.7 Å². The molecule has 1 aliphatic heterocycles. The number of sulfone groups is 1. The van der Waals surface area contributed by atoms with E-state index >= 15 is 0 Å². The van der Waals surface area contributed by atoms with Crippen LogP contribution in [0.3, 0.4) is 0 Å². The average molecular weight is 483 g/mol. The van der Waals surface area contributed by atoms with Crippen molar-refractivity contribution in [2.75, 3.05) is 12.5 Å². The van der Waals surface area contributed by atoms with E-state index in [-0.39, 0.29) is 31.4 Å². The number of ether oxygens (including phenoxy) is 2. The van der Waals surface area contributed by atoms with Crippen molar-refractivity contribution in [1.82, 2.24) is 15.0 Å². The second-order valence-corrected chi connectivity index (χ2v) is 12.0. The molecule has 1 aromatic heterocycles. The lowest BCUT2D eigenvalue weighted by atomic mass is 9.70. The van der Waals surface area contributed by atoms with E-state index in [4.69, 9.17) is 18.8 Å². The fraction of sp³-hybridized carbons (Fsp3) is 0.762. The lowest BCUT2D eigenvalue weighted by Gasteiger charge is -2.33. The third-order valence-corrected chi connectivity index (χ3v) is 8.86. The largest absolute Gasteiger partial charge is 0.490 e. The molecule has 3 rings (SSSR count). The van der Waals surface area contributed by atoms with Gasteiger partial charge < -0.3 is 18.8 Å². The Labute approximate surface area is 196 Å². The summed E-state index contributed by atoms with van der Waals surface area (Å²) in [6.45, 7) is 13.3. The third kappa shape index (κ3) is 4.70. The molecule has 0 bridgehead atoms. The Bertz CT molecular complexity index is 1000. The number of rotatable bonds is 8. The van der Waals surface area contributed by atoms with Gasteiger partial charge in [0.05, 0.1) is 23.9 Å². The topological polar surface area (TPSA) is 119 Å². The molecule has 0 amide bonds. The van der Waals surface area contributed by atoms with Gasteiger partial charge in [-0.15, -0.1) is 5.10 Å². The minimum atomic E-state index is -4.07. The molecule has 1 unspecified atom stereocenters. The van der Waals surface area contributed by atoms with Crippen LogP contribution in [0.4, 0.5) is 0 Å². The van der Waals surface area contributed by atoms with Crippen molar-refractivity contribution >= 4 is 22.9 Å². The number of carbonyl (C=O) groups excluding carboxylic acids is 1. The van der Waals surface area contributed by atoms with Crippen LogP contribution in [0.5, 0.6) is 5.88 Å². The number of allylic oxidation sites excluding steroid dienone is 2. The van der Waals surface area contributed by atoms with Gasteiger partial charge in [-0.1, -0.05) is 11.3 Å². The summed E-state index contributed by atoms with van der Waals surface area (Å²) in [5.41, 5.74) is -0.199. The highest BCUT2D eigenvalue weighted by atomic mass is 32.2. The summed E-state index contributed by atoms with van der Waals surface area (Å²) < 4.78 is 49.6. The van der Waals surface area contributed by atoms with E-state index in [9.17, 15) is 13.2 Å². The Hall–Kier alpha value is -1.92. The molecule has 2 heterocycles. The van der Waals surface area contributed by atoms with Crippen molar-refractivity contribution in [2.45, 2.75) is 89.7 Å². The lowest BCUT2D eigenvalue weighted by molar-refractivity contribution is -0.146. The molecule has 1 fully saturated rings. The Kier molecular flexibility index (Phi) is 7.03. The van der Waals surface area contributed by atoms with Crippen molar-refractivity contribution in [3.8, 4) is 5.88 Å². The Morgan fingerprint density at radius 2 is 1.88 bits per heavy atom. The van der Waals surface area contributed by atoms with Crippen LogP contribution in [0.2, 0.25) is 0 Å². The van der Waals surface area contributed by atoms with Crippen LogP contribution in [0.1, 0.15) is 73.8 Å². The molecule has 0 saturated carbocycles. The van der Waals surface area contributed by atoms with E-state index in [1.807, 2.05) is 41.5 Å². The summed E-state index contributed by atoms with van der Waals surface area (Å²) in [4.78, 5) is 13.0. The van der Waals surface area contributed by atoms with Gasteiger partial charge in [0.15, 0.2) is 10.7 Å². The zero-order valence-electron chi connectivity index (χ0n) is 20.5. The smallest absolute Gasteiger partial charge is 0.465 e. The zero-order chi connectivity index (χ0) is 24.7.